The van der Waals surface area contributed by atoms with Gasteiger partial charge in [-0.3, -0.25) is 5.10 Å². The molecule has 2 bridgehead atoms. The number of aromatic amines is 1. The Morgan fingerprint density at radius 2 is 2.20 bits per heavy atom. The number of nitrogens with zero attached hydrogens (tertiary/aromatic N) is 3. The molecule has 30 heavy (non-hydrogen) atoms. The lowest BCUT2D eigenvalue weighted by Gasteiger charge is -2.52. The zero-order valence-corrected chi connectivity index (χ0v) is 17.7. The normalized spacial score (nSPS) is 32.4. The molecule has 2 atom stereocenters. The number of ether oxygens (including phenoxy) is 3. The molecule has 0 radical (unpaired) electrons. The lowest BCUT2D eigenvalue weighted by atomic mass is 9.65. The van der Waals surface area contributed by atoms with Crippen LogP contribution in [0.15, 0.2) is 18.6 Å². The summed E-state index contributed by atoms with van der Waals surface area (Å²) in [5, 5.41) is 17.3. The highest BCUT2D eigenvalue weighted by atomic mass is 16.7. The lowest BCUT2D eigenvalue weighted by Crippen LogP contribution is -2.51. The fraction of sp³-hybridized carbons (Fsp3) is 0.727. The minimum Gasteiger partial charge on any atom is -0.394 e. The van der Waals surface area contributed by atoms with Gasteiger partial charge in [0.2, 0.25) is 0 Å². The van der Waals surface area contributed by atoms with Gasteiger partial charge in [-0.2, -0.15) is 5.10 Å². The first-order valence-corrected chi connectivity index (χ1v) is 11.2. The van der Waals surface area contributed by atoms with Crippen molar-refractivity contribution in [2.24, 2.45) is 5.41 Å². The molecule has 0 amide bonds. The molecule has 4 fully saturated rings. The average molecular weight is 417 g/mol. The molecule has 1 unspecified atom stereocenters. The van der Waals surface area contributed by atoms with E-state index in [0.717, 1.165) is 68.8 Å². The van der Waals surface area contributed by atoms with Crippen molar-refractivity contribution in [2.45, 2.75) is 69.8 Å². The van der Waals surface area contributed by atoms with Crippen molar-refractivity contribution in [3.05, 3.63) is 24.3 Å². The Bertz CT molecular complexity index is 832. The SMILES string of the molecule is C[C@@H](CO)n1cncc1-c1cc(C23CCC(COC4CCCCO4)(CC2)CO3)n[nH]1. The van der Waals surface area contributed by atoms with Gasteiger partial charge in [0.25, 0.3) is 0 Å². The third kappa shape index (κ3) is 3.60. The van der Waals surface area contributed by atoms with Crippen molar-refractivity contribution in [2.75, 3.05) is 26.4 Å². The van der Waals surface area contributed by atoms with E-state index < -0.39 is 0 Å². The molecule has 3 saturated heterocycles. The molecule has 0 spiro atoms. The van der Waals surface area contributed by atoms with Crippen LogP contribution in [0, 0.1) is 5.41 Å². The number of hydrogen-bond acceptors (Lipinski definition) is 6. The highest BCUT2D eigenvalue weighted by molar-refractivity contribution is 5.54. The molecule has 5 heterocycles. The van der Waals surface area contributed by atoms with Gasteiger partial charge in [-0.05, 0) is 57.9 Å². The summed E-state index contributed by atoms with van der Waals surface area (Å²) in [7, 11) is 0. The van der Waals surface area contributed by atoms with Crippen molar-refractivity contribution in [3.63, 3.8) is 0 Å². The summed E-state index contributed by atoms with van der Waals surface area (Å²) in [5.41, 5.74) is 2.59. The van der Waals surface area contributed by atoms with E-state index in [1.807, 2.05) is 11.5 Å². The van der Waals surface area contributed by atoms with Crippen molar-refractivity contribution < 1.29 is 19.3 Å². The fourth-order valence-corrected chi connectivity index (χ4v) is 5.03. The summed E-state index contributed by atoms with van der Waals surface area (Å²) in [5.74, 6) is 0. The molecule has 3 aliphatic heterocycles. The molecule has 6 rings (SSSR count). The Balaban J connectivity index is 1.26. The Hall–Kier alpha value is -1.74. The van der Waals surface area contributed by atoms with Crippen LogP contribution in [0.25, 0.3) is 11.4 Å². The standard InChI is InChI=1S/C22H32N4O4/c1-16(12-27)26-15-23-11-18(26)17-10-19(25-24-17)22-7-5-21(6-8-22,14-30-22)13-29-20-4-2-3-9-28-20/h10-11,15-16,20,27H,2-9,12-14H2,1H3,(H,24,25)/t16-,20?,21?,22?/m0/s1. The number of aromatic nitrogens is 4. The first kappa shape index (κ1) is 20.2. The molecule has 0 aromatic carbocycles. The van der Waals surface area contributed by atoms with E-state index in [1.54, 1.807) is 12.5 Å². The van der Waals surface area contributed by atoms with Gasteiger partial charge in [0.1, 0.15) is 5.60 Å². The fourth-order valence-electron chi connectivity index (χ4n) is 5.03. The predicted molar refractivity (Wildman–Crippen MR) is 110 cm³/mol. The van der Waals surface area contributed by atoms with E-state index in [4.69, 9.17) is 14.2 Å². The molecular formula is C22H32N4O4. The summed E-state index contributed by atoms with van der Waals surface area (Å²) < 4.78 is 20.3. The van der Waals surface area contributed by atoms with Crippen molar-refractivity contribution in [1.29, 1.82) is 0 Å². The third-order valence-corrected chi connectivity index (χ3v) is 7.21. The second-order valence-electron chi connectivity index (χ2n) is 9.27. The number of imidazole rings is 1. The van der Waals surface area contributed by atoms with Crippen molar-refractivity contribution >= 4 is 0 Å². The number of nitrogens with one attached hydrogen (secondary N) is 1. The van der Waals surface area contributed by atoms with E-state index in [2.05, 4.69) is 21.2 Å². The first-order chi connectivity index (χ1) is 14.6. The molecule has 1 saturated carbocycles. The Morgan fingerprint density at radius 1 is 1.33 bits per heavy atom. The summed E-state index contributed by atoms with van der Waals surface area (Å²) in [4.78, 5) is 4.25. The van der Waals surface area contributed by atoms with E-state index in [0.29, 0.717) is 6.61 Å². The number of H-pyrrole nitrogens is 1. The lowest BCUT2D eigenvalue weighted by molar-refractivity contribution is -0.236. The third-order valence-electron chi connectivity index (χ3n) is 7.21. The number of fused-ring (bicyclic) bond motifs is 3. The summed E-state index contributed by atoms with van der Waals surface area (Å²) in [6, 6.07) is 2.05. The highest BCUT2D eigenvalue weighted by Gasteiger charge is 2.52. The predicted octanol–water partition coefficient (Wildman–Crippen LogP) is 3.16. The molecule has 2 N–H and O–H groups in total. The van der Waals surface area contributed by atoms with Gasteiger partial charge < -0.3 is 23.9 Å². The van der Waals surface area contributed by atoms with Crippen LogP contribution in [-0.4, -0.2) is 57.6 Å². The van der Waals surface area contributed by atoms with Gasteiger partial charge in [0.05, 0.1) is 55.5 Å². The summed E-state index contributed by atoms with van der Waals surface area (Å²) >= 11 is 0. The van der Waals surface area contributed by atoms with Crippen molar-refractivity contribution in [3.8, 4) is 11.4 Å². The topological polar surface area (TPSA) is 94.4 Å². The minimum absolute atomic E-state index is 0.0400. The molecular weight excluding hydrogens is 384 g/mol. The smallest absolute Gasteiger partial charge is 0.157 e. The second-order valence-corrected chi connectivity index (χ2v) is 9.27. The minimum atomic E-state index is -0.314. The number of aliphatic hydroxyl groups is 1. The summed E-state index contributed by atoms with van der Waals surface area (Å²) in [6.07, 6.45) is 10.9. The summed E-state index contributed by atoms with van der Waals surface area (Å²) in [6.45, 7) is 4.27. The van der Waals surface area contributed by atoms with Crippen LogP contribution in [0.4, 0.5) is 0 Å². The van der Waals surface area contributed by atoms with Gasteiger partial charge >= 0.3 is 0 Å². The van der Waals surface area contributed by atoms with Crippen LogP contribution in [0.1, 0.15) is 63.6 Å². The van der Waals surface area contributed by atoms with E-state index in [1.165, 1.54) is 6.42 Å². The van der Waals surface area contributed by atoms with Crippen LogP contribution < -0.4 is 0 Å². The van der Waals surface area contributed by atoms with Gasteiger partial charge in [0, 0.05) is 12.0 Å². The van der Waals surface area contributed by atoms with Gasteiger partial charge in [0.15, 0.2) is 6.29 Å². The average Bonchev–Trinajstić information content (AvgIpc) is 3.49. The Kier molecular flexibility index (Phi) is 5.43. The Morgan fingerprint density at radius 3 is 2.90 bits per heavy atom. The maximum atomic E-state index is 9.51. The number of hydrogen-bond donors (Lipinski definition) is 2. The largest absolute Gasteiger partial charge is 0.394 e. The van der Waals surface area contributed by atoms with Gasteiger partial charge in [-0.1, -0.05) is 0 Å². The monoisotopic (exact) mass is 416 g/mol. The molecule has 4 aliphatic rings. The van der Waals surface area contributed by atoms with Crippen LogP contribution in [0.2, 0.25) is 0 Å². The molecule has 2 aromatic heterocycles. The van der Waals surface area contributed by atoms with Gasteiger partial charge in [-0.25, -0.2) is 4.98 Å². The van der Waals surface area contributed by atoms with E-state index in [-0.39, 0.29) is 30.0 Å². The number of aliphatic hydroxyl groups excluding tert-OH is 1. The van der Waals surface area contributed by atoms with Gasteiger partial charge in [-0.15, -0.1) is 0 Å². The highest BCUT2D eigenvalue weighted by Crippen LogP contribution is 2.53. The second kappa shape index (κ2) is 8.07. The molecule has 8 heteroatoms. The zero-order chi connectivity index (χ0) is 20.6. The molecule has 8 nitrogen and oxygen atoms in total. The van der Waals surface area contributed by atoms with Crippen LogP contribution in [0.5, 0.6) is 0 Å². The maximum Gasteiger partial charge on any atom is 0.157 e. The van der Waals surface area contributed by atoms with Crippen LogP contribution in [0.3, 0.4) is 0 Å². The maximum absolute atomic E-state index is 9.51. The molecule has 164 valence electrons. The van der Waals surface area contributed by atoms with E-state index in [9.17, 15) is 5.11 Å². The molecule has 2 aromatic rings. The zero-order valence-electron chi connectivity index (χ0n) is 17.7. The van der Waals surface area contributed by atoms with Crippen molar-refractivity contribution in [1.82, 2.24) is 19.7 Å². The quantitative estimate of drug-likeness (QED) is 0.720. The molecule has 1 aliphatic carbocycles. The van der Waals surface area contributed by atoms with Crippen LogP contribution >= 0.6 is 0 Å². The Labute approximate surface area is 176 Å². The number of rotatable bonds is 7. The van der Waals surface area contributed by atoms with E-state index >= 15 is 0 Å². The first-order valence-electron chi connectivity index (χ1n) is 11.2. The van der Waals surface area contributed by atoms with Crippen LogP contribution in [-0.2, 0) is 19.8 Å².